The van der Waals surface area contributed by atoms with Gasteiger partial charge in [0.1, 0.15) is 22.8 Å². The summed E-state index contributed by atoms with van der Waals surface area (Å²) in [4.78, 5) is 4.58. The summed E-state index contributed by atoms with van der Waals surface area (Å²) in [5.74, 6) is 2.39. The molecular formula is C14H18N2O2. The van der Waals surface area contributed by atoms with Crippen LogP contribution in [-0.4, -0.2) is 25.2 Å². The number of methoxy groups -OCH3 is 2. The van der Waals surface area contributed by atoms with Gasteiger partial charge in [-0.25, -0.2) is 4.98 Å². The normalized spacial score (nSPS) is 10.7. The molecule has 1 aromatic heterocycles. The Balaban J connectivity index is 2.58. The van der Waals surface area contributed by atoms with Crippen molar-refractivity contribution in [2.45, 2.75) is 19.9 Å². The number of anilines is 1. The highest BCUT2D eigenvalue weighted by molar-refractivity contribution is 5.91. The average molecular weight is 246 g/mol. The van der Waals surface area contributed by atoms with Crippen LogP contribution in [0.25, 0.3) is 10.9 Å². The predicted octanol–water partition coefficient (Wildman–Crippen LogP) is 3.07. The standard InChI is InChI=1S/C14H18N2O2/c1-9(2)15-13-8-5-10-11(17-3)6-7-12(18-4)14(10)16-13/h5-9H,1-4H3,(H,15,16). The summed E-state index contributed by atoms with van der Waals surface area (Å²) >= 11 is 0. The number of pyridine rings is 1. The number of hydrogen-bond acceptors (Lipinski definition) is 4. The number of aromatic nitrogens is 1. The van der Waals surface area contributed by atoms with Crippen LogP contribution >= 0.6 is 0 Å². The molecule has 0 atom stereocenters. The van der Waals surface area contributed by atoms with Crippen molar-refractivity contribution in [1.29, 1.82) is 0 Å². The molecule has 0 aliphatic heterocycles. The van der Waals surface area contributed by atoms with Crippen LogP contribution in [0, 0.1) is 0 Å². The molecule has 0 radical (unpaired) electrons. The Morgan fingerprint density at radius 2 is 1.67 bits per heavy atom. The molecule has 1 aromatic carbocycles. The largest absolute Gasteiger partial charge is 0.496 e. The summed E-state index contributed by atoms with van der Waals surface area (Å²) in [7, 11) is 3.30. The van der Waals surface area contributed by atoms with Crippen LogP contribution < -0.4 is 14.8 Å². The smallest absolute Gasteiger partial charge is 0.145 e. The van der Waals surface area contributed by atoms with Gasteiger partial charge in [0.15, 0.2) is 0 Å². The van der Waals surface area contributed by atoms with Crippen molar-refractivity contribution in [3.63, 3.8) is 0 Å². The molecule has 0 unspecified atom stereocenters. The van der Waals surface area contributed by atoms with Gasteiger partial charge in [-0.1, -0.05) is 0 Å². The van der Waals surface area contributed by atoms with Gasteiger partial charge in [-0.2, -0.15) is 0 Å². The van der Waals surface area contributed by atoms with E-state index in [9.17, 15) is 0 Å². The van der Waals surface area contributed by atoms with Crippen molar-refractivity contribution in [2.24, 2.45) is 0 Å². The predicted molar refractivity (Wildman–Crippen MR) is 73.6 cm³/mol. The highest BCUT2D eigenvalue weighted by Gasteiger charge is 2.09. The van der Waals surface area contributed by atoms with Crippen LogP contribution in [0.1, 0.15) is 13.8 Å². The molecule has 4 heteroatoms. The second kappa shape index (κ2) is 5.12. The van der Waals surface area contributed by atoms with Gasteiger partial charge in [0, 0.05) is 11.4 Å². The lowest BCUT2D eigenvalue weighted by Gasteiger charge is -2.12. The quantitative estimate of drug-likeness (QED) is 0.900. The number of ether oxygens (including phenoxy) is 2. The third-order valence-electron chi connectivity index (χ3n) is 2.66. The summed E-state index contributed by atoms with van der Waals surface area (Å²) in [6, 6.07) is 8.04. The van der Waals surface area contributed by atoms with E-state index in [1.165, 1.54) is 0 Å². The lowest BCUT2D eigenvalue weighted by molar-refractivity contribution is 0.410. The number of hydrogen-bond donors (Lipinski definition) is 1. The summed E-state index contributed by atoms with van der Waals surface area (Å²) in [5.41, 5.74) is 0.808. The molecule has 0 amide bonds. The molecule has 0 spiro atoms. The van der Waals surface area contributed by atoms with Gasteiger partial charge in [-0.3, -0.25) is 0 Å². The van der Waals surface area contributed by atoms with E-state index in [0.29, 0.717) is 6.04 Å². The Hall–Kier alpha value is -1.97. The molecule has 1 heterocycles. The van der Waals surface area contributed by atoms with Crippen LogP contribution in [0.4, 0.5) is 5.82 Å². The molecule has 18 heavy (non-hydrogen) atoms. The fourth-order valence-corrected chi connectivity index (χ4v) is 1.88. The van der Waals surface area contributed by atoms with E-state index in [1.54, 1.807) is 14.2 Å². The van der Waals surface area contributed by atoms with Crippen molar-refractivity contribution in [1.82, 2.24) is 4.98 Å². The van der Waals surface area contributed by atoms with Crippen molar-refractivity contribution >= 4 is 16.7 Å². The van der Waals surface area contributed by atoms with Gasteiger partial charge in [0.25, 0.3) is 0 Å². The Morgan fingerprint density at radius 3 is 2.28 bits per heavy atom. The molecule has 0 aliphatic rings. The van der Waals surface area contributed by atoms with E-state index in [-0.39, 0.29) is 0 Å². The van der Waals surface area contributed by atoms with Crippen molar-refractivity contribution in [3.05, 3.63) is 24.3 Å². The van der Waals surface area contributed by atoms with Crippen LogP contribution in [-0.2, 0) is 0 Å². The second-order valence-electron chi connectivity index (χ2n) is 4.36. The Bertz CT molecular complexity index is 553. The number of fused-ring (bicyclic) bond motifs is 1. The summed E-state index contributed by atoms with van der Waals surface area (Å²) in [5, 5.41) is 4.23. The molecule has 4 nitrogen and oxygen atoms in total. The number of rotatable bonds is 4. The van der Waals surface area contributed by atoms with Crippen molar-refractivity contribution in [3.8, 4) is 11.5 Å². The second-order valence-corrected chi connectivity index (χ2v) is 4.36. The molecule has 0 aliphatic carbocycles. The minimum Gasteiger partial charge on any atom is -0.496 e. The molecule has 0 saturated carbocycles. The average Bonchev–Trinajstić information content (AvgIpc) is 2.36. The van der Waals surface area contributed by atoms with Gasteiger partial charge in [-0.05, 0) is 38.1 Å². The van der Waals surface area contributed by atoms with Gasteiger partial charge in [-0.15, -0.1) is 0 Å². The van der Waals surface area contributed by atoms with E-state index >= 15 is 0 Å². The zero-order valence-electron chi connectivity index (χ0n) is 11.2. The minimum absolute atomic E-state index is 0.339. The first-order valence-electron chi connectivity index (χ1n) is 5.94. The van der Waals surface area contributed by atoms with Crippen LogP contribution in [0.3, 0.4) is 0 Å². The molecule has 0 fully saturated rings. The first kappa shape index (κ1) is 12.5. The van der Waals surface area contributed by atoms with E-state index in [0.717, 1.165) is 28.2 Å². The van der Waals surface area contributed by atoms with Gasteiger partial charge < -0.3 is 14.8 Å². The number of nitrogens with one attached hydrogen (secondary N) is 1. The fraction of sp³-hybridized carbons (Fsp3) is 0.357. The molecule has 0 bridgehead atoms. The molecule has 2 aromatic rings. The molecule has 1 N–H and O–H groups in total. The third-order valence-corrected chi connectivity index (χ3v) is 2.66. The van der Waals surface area contributed by atoms with Crippen molar-refractivity contribution in [2.75, 3.05) is 19.5 Å². The maximum atomic E-state index is 5.34. The zero-order valence-corrected chi connectivity index (χ0v) is 11.2. The maximum absolute atomic E-state index is 5.34. The monoisotopic (exact) mass is 246 g/mol. The number of benzene rings is 1. The van der Waals surface area contributed by atoms with Crippen molar-refractivity contribution < 1.29 is 9.47 Å². The fourth-order valence-electron chi connectivity index (χ4n) is 1.88. The lowest BCUT2D eigenvalue weighted by atomic mass is 10.2. The van der Waals surface area contributed by atoms with Crippen LogP contribution in [0.15, 0.2) is 24.3 Å². The summed E-state index contributed by atoms with van der Waals surface area (Å²) in [6.45, 7) is 4.16. The zero-order chi connectivity index (χ0) is 13.1. The molecule has 0 saturated heterocycles. The topological polar surface area (TPSA) is 43.4 Å². The van der Waals surface area contributed by atoms with Gasteiger partial charge >= 0.3 is 0 Å². The minimum atomic E-state index is 0.339. The summed E-state index contributed by atoms with van der Waals surface area (Å²) < 4.78 is 10.7. The molecular weight excluding hydrogens is 228 g/mol. The van der Waals surface area contributed by atoms with Gasteiger partial charge in [0.2, 0.25) is 0 Å². The first-order chi connectivity index (χ1) is 8.65. The third kappa shape index (κ3) is 2.32. The van der Waals surface area contributed by atoms with E-state index in [4.69, 9.17) is 9.47 Å². The lowest BCUT2D eigenvalue weighted by Crippen LogP contribution is -2.10. The van der Waals surface area contributed by atoms with E-state index in [1.807, 2.05) is 24.3 Å². The first-order valence-corrected chi connectivity index (χ1v) is 5.94. The number of nitrogens with zero attached hydrogens (tertiary/aromatic N) is 1. The van der Waals surface area contributed by atoms with E-state index in [2.05, 4.69) is 24.1 Å². The van der Waals surface area contributed by atoms with Crippen LogP contribution in [0.5, 0.6) is 11.5 Å². The highest BCUT2D eigenvalue weighted by atomic mass is 16.5. The Morgan fingerprint density at radius 1 is 1.00 bits per heavy atom. The van der Waals surface area contributed by atoms with Gasteiger partial charge in [0.05, 0.1) is 14.2 Å². The SMILES string of the molecule is COc1ccc(OC)c2nc(NC(C)C)ccc12. The Labute approximate surface area is 107 Å². The summed E-state index contributed by atoms with van der Waals surface area (Å²) in [6.07, 6.45) is 0. The molecule has 2 rings (SSSR count). The maximum Gasteiger partial charge on any atom is 0.145 e. The Kier molecular flexibility index (Phi) is 3.55. The van der Waals surface area contributed by atoms with E-state index < -0.39 is 0 Å². The molecule has 96 valence electrons. The van der Waals surface area contributed by atoms with Crippen LogP contribution in [0.2, 0.25) is 0 Å². The highest BCUT2D eigenvalue weighted by Crippen LogP contribution is 2.32.